The van der Waals surface area contributed by atoms with Gasteiger partial charge in [0.2, 0.25) is 0 Å². The van der Waals surface area contributed by atoms with E-state index in [1.165, 1.54) is 0 Å². The molecule has 0 unspecified atom stereocenters. The van der Waals surface area contributed by atoms with Gasteiger partial charge in [-0.05, 0) is 44.0 Å². The molecule has 3 rings (SSSR count). The number of nitrogens with two attached hydrogens (primary N) is 1. The third-order valence-corrected chi connectivity index (χ3v) is 4.08. The largest absolute Gasteiger partial charge is 0.393 e. The van der Waals surface area contributed by atoms with Gasteiger partial charge in [0.15, 0.2) is 0 Å². The van der Waals surface area contributed by atoms with Crippen LogP contribution in [0.5, 0.6) is 0 Å². The van der Waals surface area contributed by atoms with E-state index in [-0.39, 0.29) is 5.56 Å². The Morgan fingerprint density at radius 2 is 1.95 bits per heavy atom. The summed E-state index contributed by atoms with van der Waals surface area (Å²) in [7, 11) is 0. The molecular formula is C14H16BrN3O. The van der Waals surface area contributed by atoms with Gasteiger partial charge in [-0.2, -0.15) is 0 Å². The fourth-order valence-corrected chi connectivity index (χ4v) is 2.78. The minimum atomic E-state index is -0.105. The van der Waals surface area contributed by atoms with E-state index in [9.17, 15) is 4.79 Å². The Kier molecular flexibility index (Phi) is 3.01. The van der Waals surface area contributed by atoms with E-state index < -0.39 is 0 Å². The molecule has 1 fully saturated rings. The highest BCUT2D eigenvalue weighted by atomic mass is 79.9. The van der Waals surface area contributed by atoms with Gasteiger partial charge >= 0.3 is 0 Å². The molecule has 19 heavy (non-hydrogen) atoms. The molecule has 1 aromatic carbocycles. The van der Waals surface area contributed by atoms with E-state index in [4.69, 9.17) is 5.73 Å². The summed E-state index contributed by atoms with van der Waals surface area (Å²) in [4.78, 5) is 12.4. The molecule has 1 aromatic heterocycles. The topological polar surface area (TPSA) is 52.9 Å². The number of benzene rings is 1. The van der Waals surface area contributed by atoms with E-state index in [1.54, 1.807) is 4.68 Å². The molecule has 0 bridgehead atoms. The minimum absolute atomic E-state index is 0.105. The number of hydrogen-bond donors (Lipinski definition) is 1. The average Bonchev–Trinajstić information content (AvgIpc) is 3.20. The summed E-state index contributed by atoms with van der Waals surface area (Å²) in [5.74, 6) is 0.462. The molecule has 4 nitrogen and oxygen atoms in total. The second-order valence-electron chi connectivity index (χ2n) is 4.88. The number of anilines is 1. The minimum Gasteiger partial charge on any atom is -0.393 e. The maximum atomic E-state index is 12.4. The van der Waals surface area contributed by atoms with Crippen LogP contribution >= 0.6 is 15.9 Å². The summed E-state index contributed by atoms with van der Waals surface area (Å²) in [6.45, 7) is 2.79. The van der Waals surface area contributed by atoms with Crippen LogP contribution in [0.25, 0.3) is 5.69 Å². The number of nitrogens with zero attached hydrogens (tertiary/aromatic N) is 2. The lowest BCUT2D eigenvalue weighted by molar-refractivity contribution is 0.549. The van der Waals surface area contributed by atoms with Gasteiger partial charge in [-0.15, -0.1) is 0 Å². The molecule has 100 valence electrons. The molecule has 2 aromatic rings. The summed E-state index contributed by atoms with van der Waals surface area (Å²) in [6, 6.07) is 7.71. The van der Waals surface area contributed by atoms with Crippen molar-refractivity contribution in [3.05, 3.63) is 44.8 Å². The number of nitrogen functional groups attached to an aromatic ring is 1. The standard InChI is InChI=1S/C14H16BrN3O/c1-2-17-13(9-3-4-9)12(16)14(19)18(17)11-7-5-10(15)6-8-11/h5-9H,2-4,16H2,1H3. The van der Waals surface area contributed by atoms with Crippen molar-refractivity contribution >= 4 is 21.6 Å². The summed E-state index contributed by atoms with van der Waals surface area (Å²) >= 11 is 3.41. The van der Waals surface area contributed by atoms with Crippen molar-refractivity contribution in [1.29, 1.82) is 0 Å². The third-order valence-electron chi connectivity index (χ3n) is 3.55. The molecule has 1 aliphatic rings. The van der Waals surface area contributed by atoms with Gasteiger partial charge in [-0.25, -0.2) is 4.68 Å². The van der Waals surface area contributed by atoms with E-state index in [0.717, 1.165) is 35.2 Å². The third kappa shape index (κ3) is 2.02. The predicted octanol–water partition coefficient (Wildman–Crippen LogP) is 2.88. The van der Waals surface area contributed by atoms with E-state index in [1.807, 2.05) is 35.9 Å². The maximum absolute atomic E-state index is 12.4. The molecule has 0 atom stereocenters. The Bertz CT molecular complexity index is 665. The number of aromatic nitrogens is 2. The van der Waals surface area contributed by atoms with Crippen LogP contribution in [0.2, 0.25) is 0 Å². The van der Waals surface area contributed by atoms with Crippen LogP contribution in [-0.2, 0) is 6.54 Å². The molecule has 1 saturated carbocycles. The monoisotopic (exact) mass is 321 g/mol. The zero-order chi connectivity index (χ0) is 13.6. The highest BCUT2D eigenvalue weighted by Crippen LogP contribution is 2.42. The van der Waals surface area contributed by atoms with Gasteiger partial charge in [-0.1, -0.05) is 15.9 Å². The van der Waals surface area contributed by atoms with Crippen molar-refractivity contribution < 1.29 is 0 Å². The SMILES string of the molecule is CCn1c(C2CC2)c(N)c(=O)n1-c1ccc(Br)cc1. The van der Waals surface area contributed by atoms with Crippen molar-refractivity contribution in [2.45, 2.75) is 32.2 Å². The molecule has 2 N–H and O–H groups in total. The lowest BCUT2D eigenvalue weighted by Crippen LogP contribution is -2.21. The first-order valence-corrected chi connectivity index (χ1v) is 7.30. The molecule has 0 spiro atoms. The first-order valence-electron chi connectivity index (χ1n) is 6.50. The van der Waals surface area contributed by atoms with Gasteiger partial charge in [0.25, 0.3) is 5.56 Å². The van der Waals surface area contributed by atoms with Crippen molar-refractivity contribution in [2.24, 2.45) is 0 Å². The van der Waals surface area contributed by atoms with Crippen LogP contribution in [0.15, 0.2) is 33.5 Å². The second-order valence-corrected chi connectivity index (χ2v) is 5.80. The highest BCUT2D eigenvalue weighted by molar-refractivity contribution is 9.10. The molecule has 1 heterocycles. The Balaban J connectivity index is 2.23. The summed E-state index contributed by atoms with van der Waals surface area (Å²) in [6.07, 6.45) is 2.27. The van der Waals surface area contributed by atoms with Gasteiger partial charge < -0.3 is 5.73 Å². The molecule has 1 aliphatic carbocycles. The van der Waals surface area contributed by atoms with Crippen LogP contribution in [0, 0.1) is 0 Å². The van der Waals surface area contributed by atoms with Crippen LogP contribution in [0.3, 0.4) is 0 Å². The Hall–Kier alpha value is -1.49. The van der Waals surface area contributed by atoms with E-state index in [2.05, 4.69) is 15.9 Å². The highest BCUT2D eigenvalue weighted by Gasteiger charge is 2.32. The zero-order valence-corrected chi connectivity index (χ0v) is 12.4. The number of halogens is 1. The quantitative estimate of drug-likeness (QED) is 0.945. The Morgan fingerprint density at radius 1 is 1.32 bits per heavy atom. The van der Waals surface area contributed by atoms with Crippen molar-refractivity contribution in [2.75, 3.05) is 5.73 Å². The van der Waals surface area contributed by atoms with Gasteiger partial charge in [-0.3, -0.25) is 9.48 Å². The van der Waals surface area contributed by atoms with Gasteiger partial charge in [0, 0.05) is 16.9 Å². The maximum Gasteiger partial charge on any atom is 0.294 e. The van der Waals surface area contributed by atoms with E-state index in [0.29, 0.717) is 11.6 Å². The second kappa shape index (κ2) is 4.56. The molecule has 5 heteroatoms. The first-order chi connectivity index (χ1) is 9.13. The molecule has 0 saturated heterocycles. The predicted molar refractivity (Wildman–Crippen MR) is 79.8 cm³/mol. The lowest BCUT2D eigenvalue weighted by Gasteiger charge is -2.12. The van der Waals surface area contributed by atoms with Crippen LogP contribution in [-0.4, -0.2) is 9.36 Å². The number of rotatable bonds is 3. The van der Waals surface area contributed by atoms with Crippen LogP contribution in [0.1, 0.15) is 31.4 Å². The average molecular weight is 322 g/mol. The Morgan fingerprint density at radius 3 is 2.47 bits per heavy atom. The smallest absolute Gasteiger partial charge is 0.294 e. The summed E-state index contributed by atoms with van der Waals surface area (Å²) < 4.78 is 4.70. The van der Waals surface area contributed by atoms with Gasteiger partial charge in [0.1, 0.15) is 5.69 Å². The zero-order valence-electron chi connectivity index (χ0n) is 10.8. The van der Waals surface area contributed by atoms with Gasteiger partial charge in [0.05, 0.1) is 11.4 Å². The summed E-state index contributed by atoms with van der Waals surface area (Å²) in [5, 5.41) is 0. The van der Waals surface area contributed by atoms with Crippen LogP contribution < -0.4 is 11.3 Å². The molecule has 0 radical (unpaired) electrons. The fraction of sp³-hybridized carbons (Fsp3) is 0.357. The first kappa shape index (κ1) is 12.5. The van der Waals surface area contributed by atoms with E-state index >= 15 is 0 Å². The normalized spacial score (nSPS) is 14.8. The van der Waals surface area contributed by atoms with Crippen molar-refractivity contribution in [1.82, 2.24) is 9.36 Å². The van der Waals surface area contributed by atoms with Crippen molar-refractivity contribution in [3.63, 3.8) is 0 Å². The molecular weight excluding hydrogens is 306 g/mol. The van der Waals surface area contributed by atoms with Crippen LogP contribution in [0.4, 0.5) is 5.69 Å². The molecule has 0 aliphatic heterocycles. The van der Waals surface area contributed by atoms with Crippen molar-refractivity contribution in [3.8, 4) is 5.69 Å². The Labute approximate surface area is 119 Å². The fourth-order valence-electron chi connectivity index (χ4n) is 2.52. The molecule has 0 amide bonds. The summed E-state index contributed by atoms with van der Waals surface area (Å²) in [5.41, 5.74) is 8.19. The number of hydrogen-bond acceptors (Lipinski definition) is 2. The lowest BCUT2D eigenvalue weighted by atomic mass is 10.2.